The van der Waals surface area contributed by atoms with Crippen LogP contribution in [0.2, 0.25) is 0 Å². The minimum absolute atomic E-state index is 0.0520. The van der Waals surface area contributed by atoms with Crippen LogP contribution >= 0.6 is 0 Å². The molecule has 5 nitrogen and oxygen atoms in total. The highest BCUT2D eigenvalue weighted by Crippen LogP contribution is 2.20. The van der Waals surface area contributed by atoms with Crippen LogP contribution in [0.25, 0.3) is 5.65 Å². The third kappa shape index (κ3) is 2.44. The van der Waals surface area contributed by atoms with Crippen LogP contribution in [0.4, 0.5) is 0 Å². The van der Waals surface area contributed by atoms with Gasteiger partial charge in [0.25, 0.3) is 0 Å². The molecule has 0 bridgehead atoms. The lowest BCUT2D eigenvalue weighted by Crippen LogP contribution is -2.37. The van der Waals surface area contributed by atoms with E-state index in [1.54, 1.807) is 6.33 Å². The molecule has 0 spiro atoms. The molecular formula is C12H19N5. The molecule has 92 valence electrons. The van der Waals surface area contributed by atoms with Gasteiger partial charge in [-0.2, -0.15) is 0 Å². The van der Waals surface area contributed by atoms with Crippen molar-refractivity contribution >= 4 is 5.65 Å². The molecule has 0 aliphatic carbocycles. The van der Waals surface area contributed by atoms with E-state index in [1.165, 1.54) is 0 Å². The van der Waals surface area contributed by atoms with E-state index in [0.717, 1.165) is 17.2 Å². The summed E-state index contributed by atoms with van der Waals surface area (Å²) < 4.78 is 1.90. The van der Waals surface area contributed by atoms with Crippen molar-refractivity contribution in [1.29, 1.82) is 0 Å². The average Bonchev–Trinajstić information content (AvgIpc) is 2.59. The number of nitrogens with zero attached hydrogens (tertiary/aromatic N) is 4. The van der Waals surface area contributed by atoms with Gasteiger partial charge in [-0.25, -0.2) is 4.98 Å². The van der Waals surface area contributed by atoms with Gasteiger partial charge in [0.05, 0.1) is 0 Å². The highest BCUT2D eigenvalue weighted by molar-refractivity contribution is 5.38. The van der Waals surface area contributed by atoms with Crippen LogP contribution in [-0.4, -0.2) is 25.6 Å². The lowest BCUT2D eigenvalue weighted by atomic mass is 9.85. The van der Waals surface area contributed by atoms with E-state index >= 15 is 0 Å². The summed E-state index contributed by atoms with van der Waals surface area (Å²) in [7, 11) is 0. The smallest absolute Gasteiger partial charge is 0.163 e. The van der Waals surface area contributed by atoms with Crippen LogP contribution in [0.5, 0.6) is 0 Å². The maximum atomic E-state index is 6.16. The molecule has 17 heavy (non-hydrogen) atoms. The number of fused-ring (bicyclic) bond motifs is 1. The Morgan fingerprint density at radius 2 is 2.06 bits per heavy atom. The standard InChI is InChI=1S/C12H19N5/c1-8-5-10-15-16-11(17(10)7-14-8)6-9(13)12(2,3)4/h5,7,9H,6,13H2,1-4H3. The molecule has 0 aromatic carbocycles. The van der Waals surface area contributed by atoms with Crippen LogP contribution in [-0.2, 0) is 6.42 Å². The Kier molecular flexibility index (Phi) is 2.87. The zero-order valence-electron chi connectivity index (χ0n) is 10.8. The van der Waals surface area contributed by atoms with Gasteiger partial charge in [0.1, 0.15) is 12.2 Å². The van der Waals surface area contributed by atoms with Crippen LogP contribution in [0.15, 0.2) is 12.4 Å². The molecule has 0 radical (unpaired) electrons. The number of rotatable bonds is 2. The number of hydrogen-bond donors (Lipinski definition) is 1. The van der Waals surface area contributed by atoms with Crippen LogP contribution in [0, 0.1) is 12.3 Å². The quantitative estimate of drug-likeness (QED) is 0.850. The van der Waals surface area contributed by atoms with Gasteiger partial charge in [-0.3, -0.25) is 4.40 Å². The highest BCUT2D eigenvalue weighted by atomic mass is 15.3. The van der Waals surface area contributed by atoms with Gasteiger partial charge in [0.15, 0.2) is 5.65 Å². The Morgan fingerprint density at radius 1 is 1.35 bits per heavy atom. The second-order valence-corrected chi connectivity index (χ2v) is 5.55. The third-order valence-corrected chi connectivity index (χ3v) is 3.02. The van der Waals surface area contributed by atoms with Gasteiger partial charge in [0.2, 0.25) is 0 Å². The first-order valence-corrected chi connectivity index (χ1v) is 5.80. The molecular weight excluding hydrogens is 214 g/mol. The first-order valence-electron chi connectivity index (χ1n) is 5.80. The molecule has 0 saturated heterocycles. The van der Waals surface area contributed by atoms with Crippen molar-refractivity contribution in [2.45, 2.75) is 40.2 Å². The molecule has 2 heterocycles. The molecule has 0 amide bonds. The average molecular weight is 233 g/mol. The number of aryl methyl sites for hydroxylation is 1. The summed E-state index contributed by atoms with van der Waals surface area (Å²) in [5, 5.41) is 8.31. The van der Waals surface area contributed by atoms with E-state index in [1.807, 2.05) is 17.4 Å². The first kappa shape index (κ1) is 12.0. The lowest BCUT2D eigenvalue weighted by Gasteiger charge is -2.26. The van der Waals surface area contributed by atoms with Crippen molar-refractivity contribution in [3.8, 4) is 0 Å². The molecule has 2 aromatic rings. The number of nitrogens with two attached hydrogens (primary N) is 1. The summed E-state index contributed by atoms with van der Waals surface area (Å²) in [5.41, 5.74) is 7.99. The van der Waals surface area contributed by atoms with Crippen molar-refractivity contribution in [1.82, 2.24) is 19.6 Å². The number of hydrogen-bond acceptors (Lipinski definition) is 4. The third-order valence-electron chi connectivity index (χ3n) is 3.02. The lowest BCUT2D eigenvalue weighted by molar-refractivity contribution is 0.314. The SMILES string of the molecule is Cc1cc2nnc(CC(N)C(C)(C)C)n2cn1. The molecule has 2 rings (SSSR count). The van der Waals surface area contributed by atoms with Gasteiger partial charge >= 0.3 is 0 Å². The summed E-state index contributed by atoms with van der Waals surface area (Å²) in [6, 6.07) is 1.97. The van der Waals surface area contributed by atoms with Crippen molar-refractivity contribution in [2.75, 3.05) is 0 Å². The Bertz CT molecular complexity index is 523. The molecule has 2 aromatic heterocycles. The molecule has 2 N–H and O–H groups in total. The molecule has 5 heteroatoms. The van der Waals surface area contributed by atoms with E-state index < -0.39 is 0 Å². The highest BCUT2D eigenvalue weighted by Gasteiger charge is 2.22. The fourth-order valence-corrected chi connectivity index (χ4v) is 1.58. The summed E-state index contributed by atoms with van der Waals surface area (Å²) in [6.45, 7) is 8.32. The van der Waals surface area contributed by atoms with Gasteiger partial charge in [0, 0.05) is 24.2 Å². The maximum absolute atomic E-state index is 6.16. The van der Waals surface area contributed by atoms with Crippen molar-refractivity contribution < 1.29 is 0 Å². The van der Waals surface area contributed by atoms with E-state index in [0.29, 0.717) is 6.42 Å². The van der Waals surface area contributed by atoms with Crippen LogP contribution < -0.4 is 5.73 Å². The topological polar surface area (TPSA) is 69.1 Å². The van der Waals surface area contributed by atoms with E-state index in [2.05, 4.69) is 36.0 Å². The van der Waals surface area contributed by atoms with Gasteiger partial charge in [-0.15, -0.1) is 10.2 Å². The Morgan fingerprint density at radius 3 is 2.71 bits per heavy atom. The Labute approximate surface area is 101 Å². The predicted octanol–water partition coefficient (Wildman–Crippen LogP) is 1.35. The summed E-state index contributed by atoms with van der Waals surface area (Å²) in [4.78, 5) is 4.25. The van der Waals surface area contributed by atoms with Crippen molar-refractivity contribution in [3.05, 3.63) is 23.9 Å². The minimum atomic E-state index is 0.0520. The van der Waals surface area contributed by atoms with Crippen LogP contribution in [0.3, 0.4) is 0 Å². The Balaban J connectivity index is 2.31. The maximum Gasteiger partial charge on any atom is 0.163 e. The summed E-state index contributed by atoms with van der Waals surface area (Å²) in [6.07, 6.45) is 2.46. The van der Waals surface area contributed by atoms with Crippen LogP contribution in [0.1, 0.15) is 32.3 Å². The predicted molar refractivity (Wildman–Crippen MR) is 66.7 cm³/mol. The van der Waals surface area contributed by atoms with Gasteiger partial charge < -0.3 is 5.73 Å². The van der Waals surface area contributed by atoms with Gasteiger partial charge in [-0.05, 0) is 12.3 Å². The van der Waals surface area contributed by atoms with Crippen molar-refractivity contribution in [2.24, 2.45) is 11.1 Å². The Hall–Kier alpha value is -1.49. The fourth-order valence-electron chi connectivity index (χ4n) is 1.58. The number of aromatic nitrogens is 4. The van der Waals surface area contributed by atoms with E-state index in [9.17, 15) is 0 Å². The second-order valence-electron chi connectivity index (χ2n) is 5.55. The monoisotopic (exact) mass is 233 g/mol. The largest absolute Gasteiger partial charge is 0.327 e. The molecule has 0 fully saturated rings. The zero-order chi connectivity index (χ0) is 12.6. The molecule has 0 aliphatic heterocycles. The zero-order valence-corrected chi connectivity index (χ0v) is 10.8. The molecule has 0 saturated carbocycles. The minimum Gasteiger partial charge on any atom is -0.327 e. The van der Waals surface area contributed by atoms with Crippen molar-refractivity contribution in [3.63, 3.8) is 0 Å². The summed E-state index contributed by atoms with van der Waals surface area (Å²) in [5.74, 6) is 0.870. The molecule has 0 aliphatic rings. The van der Waals surface area contributed by atoms with E-state index in [4.69, 9.17) is 5.73 Å². The first-order chi connectivity index (χ1) is 7.88. The summed E-state index contributed by atoms with van der Waals surface area (Å²) >= 11 is 0. The normalized spacial score (nSPS) is 14.2. The molecule has 1 atom stereocenters. The van der Waals surface area contributed by atoms with E-state index in [-0.39, 0.29) is 11.5 Å². The van der Waals surface area contributed by atoms with Gasteiger partial charge in [-0.1, -0.05) is 20.8 Å². The fraction of sp³-hybridized carbons (Fsp3) is 0.583. The molecule has 1 unspecified atom stereocenters. The second kappa shape index (κ2) is 4.07.